The molecule has 1 unspecified atom stereocenters. The molecule has 1 aliphatic carbocycles. The Kier molecular flexibility index (Phi) is 6.17. The molecule has 0 N–H and O–H groups in total. The summed E-state index contributed by atoms with van der Waals surface area (Å²) >= 11 is 0. The van der Waals surface area contributed by atoms with Crippen molar-refractivity contribution in [2.45, 2.75) is 58.9 Å². The Bertz CT molecular complexity index is 1090. The Morgan fingerprint density at radius 2 is 2.07 bits per heavy atom. The number of fused-ring (bicyclic) bond motifs is 2. The summed E-state index contributed by atoms with van der Waals surface area (Å²) in [6, 6.07) is 11.6. The van der Waals surface area contributed by atoms with Crippen LogP contribution in [0.1, 0.15) is 62.6 Å². The van der Waals surface area contributed by atoms with Crippen LogP contribution in [0.15, 0.2) is 60.8 Å². The standard InChI is InChI=1S/C27H31FN2/c1-4-6-20(8-5-7-19(2)3)17-30-18-23-15-21(10-14-27(23)29-30)25-12-9-22-16-24(28)11-13-26(22)25/h10-16,18,20H,2,4-9,17H2,1,3H3. The number of hydrogen-bond acceptors (Lipinski definition) is 1. The molecule has 0 amide bonds. The zero-order valence-electron chi connectivity index (χ0n) is 18.1. The third-order valence-electron chi connectivity index (χ3n) is 6.10. The maximum atomic E-state index is 13.5. The number of nitrogens with zero attached hydrogens (tertiary/aromatic N) is 2. The molecule has 0 saturated carbocycles. The van der Waals surface area contributed by atoms with Gasteiger partial charge in [0.15, 0.2) is 0 Å². The summed E-state index contributed by atoms with van der Waals surface area (Å²) in [4.78, 5) is 0. The average Bonchev–Trinajstić information content (AvgIpc) is 3.30. The fraction of sp³-hybridized carbons (Fsp3) is 0.370. The molecule has 0 radical (unpaired) electrons. The first-order valence-corrected chi connectivity index (χ1v) is 11.1. The zero-order valence-corrected chi connectivity index (χ0v) is 18.1. The quantitative estimate of drug-likeness (QED) is 0.343. The van der Waals surface area contributed by atoms with E-state index in [2.05, 4.69) is 55.6 Å². The van der Waals surface area contributed by atoms with Gasteiger partial charge in [-0.2, -0.15) is 5.10 Å². The van der Waals surface area contributed by atoms with E-state index in [1.807, 2.05) is 6.07 Å². The predicted molar refractivity (Wildman–Crippen MR) is 124 cm³/mol. The molecular weight excluding hydrogens is 371 g/mol. The van der Waals surface area contributed by atoms with E-state index in [9.17, 15) is 4.39 Å². The highest BCUT2D eigenvalue weighted by Gasteiger charge is 2.17. The van der Waals surface area contributed by atoms with Crippen LogP contribution >= 0.6 is 0 Å². The topological polar surface area (TPSA) is 17.8 Å². The lowest BCUT2D eigenvalue weighted by Crippen LogP contribution is -2.11. The van der Waals surface area contributed by atoms with Gasteiger partial charge in [0.25, 0.3) is 0 Å². The molecular formula is C27H31FN2. The lowest BCUT2D eigenvalue weighted by atomic mass is 9.96. The summed E-state index contributed by atoms with van der Waals surface area (Å²) in [6.07, 6.45) is 11.2. The molecule has 3 heteroatoms. The monoisotopic (exact) mass is 402 g/mol. The summed E-state index contributed by atoms with van der Waals surface area (Å²) in [7, 11) is 0. The van der Waals surface area contributed by atoms with E-state index in [0.717, 1.165) is 36.0 Å². The van der Waals surface area contributed by atoms with Gasteiger partial charge in [-0.05, 0) is 91.5 Å². The first kappa shape index (κ1) is 20.6. The van der Waals surface area contributed by atoms with Crippen LogP contribution < -0.4 is 0 Å². The number of benzene rings is 2. The molecule has 1 heterocycles. The summed E-state index contributed by atoms with van der Waals surface area (Å²) in [5.41, 5.74) is 6.89. The third kappa shape index (κ3) is 4.56. The Labute approximate surface area is 179 Å². The van der Waals surface area contributed by atoms with E-state index in [0.29, 0.717) is 5.92 Å². The fourth-order valence-corrected chi connectivity index (χ4v) is 4.62. The molecule has 30 heavy (non-hydrogen) atoms. The van der Waals surface area contributed by atoms with Gasteiger partial charge in [0.2, 0.25) is 0 Å². The average molecular weight is 403 g/mol. The lowest BCUT2D eigenvalue weighted by molar-refractivity contribution is 0.360. The van der Waals surface area contributed by atoms with E-state index >= 15 is 0 Å². The summed E-state index contributed by atoms with van der Waals surface area (Å²) < 4.78 is 15.7. The van der Waals surface area contributed by atoms with Gasteiger partial charge in [-0.15, -0.1) is 6.58 Å². The highest BCUT2D eigenvalue weighted by Crippen LogP contribution is 2.34. The van der Waals surface area contributed by atoms with Crippen molar-refractivity contribution in [3.8, 4) is 0 Å². The van der Waals surface area contributed by atoms with Crippen LogP contribution in [0.3, 0.4) is 0 Å². The molecule has 0 fully saturated rings. The minimum Gasteiger partial charge on any atom is -0.271 e. The lowest BCUT2D eigenvalue weighted by Gasteiger charge is -2.16. The van der Waals surface area contributed by atoms with Crippen molar-refractivity contribution in [1.29, 1.82) is 0 Å². The van der Waals surface area contributed by atoms with E-state index < -0.39 is 0 Å². The van der Waals surface area contributed by atoms with Crippen LogP contribution in [0.4, 0.5) is 4.39 Å². The maximum absolute atomic E-state index is 13.5. The number of aromatic nitrogens is 2. The van der Waals surface area contributed by atoms with Crippen molar-refractivity contribution >= 4 is 16.5 Å². The van der Waals surface area contributed by atoms with Crippen molar-refractivity contribution in [2.24, 2.45) is 5.92 Å². The molecule has 2 aromatic carbocycles. The second kappa shape index (κ2) is 8.99. The van der Waals surface area contributed by atoms with Crippen LogP contribution in [-0.4, -0.2) is 9.78 Å². The van der Waals surface area contributed by atoms with Gasteiger partial charge in [0, 0.05) is 18.1 Å². The molecule has 156 valence electrons. The summed E-state index contributed by atoms with van der Waals surface area (Å²) in [5, 5.41) is 6.00. The third-order valence-corrected chi connectivity index (χ3v) is 6.10. The van der Waals surface area contributed by atoms with Crippen molar-refractivity contribution < 1.29 is 4.39 Å². The van der Waals surface area contributed by atoms with Gasteiger partial charge in [-0.1, -0.05) is 37.1 Å². The minimum atomic E-state index is -0.162. The Hall–Kier alpha value is -2.68. The van der Waals surface area contributed by atoms with Gasteiger partial charge < -0.3 is 0 Å². The Morgan fingerprint density at radius 1 is 1.20 bits per heavy atom. The molecule has 0 spiro atoms. The highest BCUT2D eigenvalue weighted by atomic mass is 19.1. The second-order valence-corrected chi connectivity index (χ2v) is 8.75. The van der Waals surface area contributed by atoms with Gasteiger partial charge in [0.1, 0.15) is 5.82 Å². The predicted octanol–water partition coefficient (Wildman–Crippen LogP) is 7.33. The van der Waals surface area contributed by atoms with Crippen LogP contribution in [-0.2, 0) is 13.0 Å². The Balaban J connectivity index is 1.52. The largest absolute Gasteiger partial charge is 0.271 e. The molecule has 0 aliphatic heterocycles. The molecule has 1 aromatic heterocycles. The van der Waals surface area contributed by atoms with Gasteiger partial charge in [0.05, 0.1) is 5.52 Å². The highest BCUT2D eigenvalue weighted by molar-refractivity contribution is 5.89. The molecule has 4 rings (SSSR count). The molecule has 2 nitrogen and oxygen atoms in total. The first-order chi connectivity index (χ1) is 14.5. The van der Waals surface area contributed by atoms with Crippen molar-refractivity contribution in [3.05, 3.63) is 83.3 Å². The van der Waals surface area contributed by atoms with Gasteiger partial charge in [-0.25, -0.2) is 4.39 Å². The summed E-state index contributed by atoms with van der Waals surface area (Å²) in [5.74, 6) is 0.493. The smallest absolute Gasteiger partial charge is 0.123 e. The van der Waals surface area contributed by atoms with E-state index in [-0.39, 0.29) is 5.82 Å². The second-order valence-electron chi connectivity index (χ2n) is 8.75. The van der Waals surface area contributed by atoms with Gasteiger partial charge in [-0.3, -0.25) is 4.68 Å². The van der Waals surface area contributed by atoms with Crippen LogP contribution in [0, 0.1) is 11.7 Å². The minimum absolute atomic E-state index is 0.162. The molecule has 0 bridgehead atoms. The molecule has 1 aliphatic rings. The Morgan fingerprint density at radius 3 is 2.87 bits per heavy atom. The molecule has 1 atom stereocenters. The van der Waals surface area contributed by atoms with E-state index in [1.165, 1.54) is 47.8 Å². The number of allylic oxidation sites excluding steroid dienone is 2. The number of halogens is 1. The van der Waals surface area contributed by atoms with Crippen molar-refractivity contribution in [1.82, 2.24) is 9.78 Å². The molecule has 3 aromatic rings. The van der Waals surface area contributed by atoms with Crippen molar-refractivity contribution in [3.63, 3.8) is 0 Å². The SMILES string of the molecule is C=C(C)CCCC(CCC)Cn1cc2cc(C3=CCc4cc(F)ccc43)ccc2n1. The van der Waals surface area contributed by atoms with Crippen molar-refractivity contribution in [2.75, 3.05) is 0 Å². The first-order valence-electron chi connectivity index (χ1n) is 11.1. The molecule has 0 saturated heterocycles. The zero-order chi connectivity index (χ0) is 21.1. The number of rotatable bonds is 9. The summed E-state index contributed by atoms with van der Waals surface area (Å²) in [6.45, 7) is 9.37. The maximum Gasteiger partial charge on any atom is 0.123 e. The van der Waals surface area contributed by atoms with Crippen LogP contribution in [0.2, 0.25) is 0 Å². The fourth-order valence-electron chi connectivity index (χ4n) is 4.62. The van der Waals surface area contributed by atoms with Crippen LogP contribution in [0.5, 0.6) is 0 Å². The van der Waals surface area contributed by atoms with E-state index in [1.54, 1.807) is 12.1 Å². The normalized spacial score (nSPS) is 14.0. The van der Waals surface area contributed by atoms with E-state index in [4.69, 9.17) is 5.10 Å². The van der Waals surface area contributed by atoms with Gasteiger partial charge >= 0.3 is 0 Å². The van der Waals surface area contributed by atoms with Crippen LogP contribution in [0.25, 0.3) is 16.5 Å². The number of hydrogen-bond donors (Lipinski definition) is 0.